The molecule has 0 bridgehead atoms. The molecule has 0 atom stereocenters. The topological polar surface area (TPSA) is 26.3 Å². The van der Waals surface area contributed by atoms with Crippen molar-refractivity contribution in [1.82, 2.24) is 0 Å². The van der Waals surface area contributed by atoms with Crippen molar-refractivity contribution in [2.24, 2.45) is 0 Å². The van der Waals surface area contributed by atoms with Crippen LogP contribution in [0.25, 0.3) is 0 Å². The summed E-state index contributed by atoms with van der Waals surface area (Å²) in [5.74, 6) is -0.361. The van der Waals surface area contributed by atoms with Crippen LogP contribution in [0.5, 0.6) is 0 Å². The minimum atomic E-state index is -0.361. The zero-order valence-electron chi connectivity index (χ0n) is 5.89. The van der Waals surface area contributed by atoms with Crippen LogP contribution in [0.4, 0.5) is 0 Å². The second-order valence-corrected chi connectivity index (χ2v) is 1.69. The Morgan fingerprint density at radius 3 is 2.22 bits per heavy atom. The Morgan fingerprint density at radius 2 is 2.11 bits per heavy atom. The summed E-state index contributed by atoms with van der Waals surface area (Å²) in [6.45, 7) is 6.83. The van der Waals surface area contributed by atoms with E-state index in [1.165, 1.54) is 0 Å². The molecule has 0 aliphatic carbocycles. The first-order valence-corrected chi connectivity index (χ1v) is 2.50. The molecule has 0 radical (unpaired) electrons. The van der Waals surface area contributed by atoms with Crippen molar-refractivity contribution in [1.29, 1.82) is 0 Å². The maximum absolute atomic E-state index is 10.3. The molecule has 2 nitrogen and oxygen atoms in total. The van der Waals surface area contributed by atoms with Crippen molar-refractivity contribution in [3.8, 4) is 0 Å². The van der Waals surface area contributed by atoms with E-state index in [2.05, 4.69) is 11.3 Å². The number of esters is 1. The molecule has 0 aliphatic rings. The summed E-state index contributed by atoms with van der Waals surface area (Å²) in [4.78, 5) is 10.3. The molecule has 0 spiro atoms. The molecule has 0 rings (SSSR count). The normalized spacial score (nSPS) is 7.89. The predicted molar refractivity (Wildman–Crippen MR) is 31.4 cm³/mol. The van der Waals surface area contributed by atoms with Gasteiger partial charge in [-0.3, -0.25) is 0 Å². The van der Waals surface area contributed by atoms with Crippen LogP contribution in [-0.4, -0.2) is 12.1 Å². The summed E-state index contributed by atoms with van der Waals surface area (Å²) < 4.78 is 4.64. The summed E-state index contributed by atoms with van der Waals surface area (Å²) in [6, 6.07) is 0. The number of hydrogen-bond acceptors (Lipinski definition) is 2. The molecule has 0 aromatic heterocycles. The van der Waals surface area contributed by atoms with Crippen LogP contribution in [0.2, 0.25) is 0 Å². The number of carbonyl (C=O) groups excluding carboxylic acids is 1. The second kappa shape index (κ2) is 5.96. The largest absolute Gasteiger partial charge is 0.460 e. The van der Waals surface area contributed by atoms with Crippen LogP contribution in [0, 0.1) is 0 Å². The zero-order valence-corrected chi connectivity index (χ0v) is 8.85. The van der Waals surface area contributed by atoms with E-state index in [-0.39, 0.29) is 31.6 Å². The van der Waals surface area contributed by atoms with Gasteiger partial charge in [-0.15, -0.1) is 0 Å². The summed E-state index contributed by atoms with van der Waals surface area (Å²) in [7, 11) is 0. The fourth-order valence-corrected chi connectivity index (χ4v) is 0.280. The second-order valence-electron chi connectivity index (χ2n) is 1.69. The Balaban J connectivity index is 0. The molecule has 0 saturated carbocycles. The molecule has 0 aromatic rings. The summed E-state index contributed by atoms with van der Waals surface area (Å²) >= 11 is 0. The fraction of sp³-hybridized carbons (Fsp3) is 0.500. The molecule has 0 saturated heterocycles. The van der Waals surface area contributed by atoms with Gasteiger partial charge in [0.15, 0.2) is 0 Å². The number of carbonyl (C=O) groups is 1. The molecular weight excluding hydrogens is 169 g/mol. The Kier molecular flexibility index (Phi) is 7.69. The van der Waals surface area contributed by atoms with E-state index < -0.39 is 0 Å². The monoisotopic (exact) mass is 178 g/mol. The molecule has 0 aromatic carbocycles. The molecule has 0 aliphatic heterocycles. The van der Waals surface area contributed by atoms with Crippen LogP contribution < -0.4 is 0 Å². The minimum absolute atomic E-state index is 0. The Bertz CT molecular complexity index is 99.2. The third kappa shape index (κ3) is 7.83. The molecule has 0 amide bonds. The maximum atomic E-state index is 10.3. The van der Waals surface area contributed by atoms with E-state index in [0.717, 1.165) is 6.08 Å². The van der Waals surface area contributed by atoms with Crippen molar-refractivity contribution in [2.45, 2.75) is 20.0 Å². The van der Waals surface area contributed by atoms with E-state index in [4.69, 9.17) is 0 Å². The van der Waals surface area contributed by atoms with E-state index >= 15 is 0 Å². The molecule has 3 heteroatoms. The summed E-state index contributed by atoms with van der Waals surface area (Å²) in [5.41, 5.74) is 0. The average molecular weight is 180 g/mol. The third-order valence-electron chi connectivity index (χ3n) is 0.519. The maximum Gasteiger partial charge on any atom is 0.330 e. The van der Waals surface area contributed by atoms with Gasteiger partial charge in [0.1, 0.15) is 0 Å². The van der Waals surface area contributed by atoms with Crippen molar-refractivity contribution in [2.75, 3.05) is 0 Å². The number of rotatable bonds is 2. The molecule has 9 heavy (non-hydrogen) atoms. The number of hydrogen-bond donors (Lipinski definition) is 0. The molecule has 0 fully saturated rings. The van der Waals surface area contributed by atoms with Gasteiger partial charge in [0, 0.05) is 25.6 Å². The van der Waals surface area contributed by atoms with Crippen LogP contribution in [0.3, 0.4) is 0 Å². The summed E-state index contributed by atoms with van der Waals surface area (Å²) in [6.07, 6.45) is 1.11. The Morgan fingerprint density at radius 1 is 1.67 bits per heavy atom. The van der Waals surface area contributed by atoms with Crippen LogP contribution in [-0.2, 0) is 29.0 Å². The molecule has 0 N–H and O–H groups in total. The van der Waals surface area contributed by atoms with Gasteiger partial charge in [0.25, 0.3) is 0 Å². The van der Waals surface area contributed by atoms with E-state index in [0.29, 0.717) is 0 Å². The SMILES string of the molecule is C=CC(=O)OC(C)C.[Zn]. The minimum Gasteiger partial charge on any atom is -0.460 e. The first kappa shape index (κ1) is 11.6. The van der Waals surface area contributed by atoms with E-state index in [1.807, 2.05) is 0 Å². The quantitative estimate of drug-likeness (QED) is 0.361. The van der Waals surface area contributed by atoms with Gasteiger partial charge in [-0.05, 0) is 13.8 Å². The van der Waals surface area contributed by atoms with Gasteiger partial charge < -0.3 is 4.74 Å². The first-order chi connectivity index (χ1) is 3.66. The molecular formula is C6H10O2Zn. The van der Waals surface area contributed by atoms with Gasteiger partial charge >= 0.3 is 5.97 Å². The standard InChI is InChI=1S/C6H10O2.Zn/c1-4-6(7)8-5(2)3;/h4-5H,1H2,2-3H3;. The van der Waals surface area contributed by atoms with Gasteiger partial charge in [-0.2, -0.15) is 0 Å². The fourth-order valence-electron chi connectivity index (χ4n) is 0.280. The Hall–Kier alpha value is -0.167. The molecule has 0 unspecified atom stereocenters. The van der Waals surface area contributed by atoms with Gasteiger partial charge in [-0.1, -0.05) is 6.58 Å². The van der Waals surface area contributed by atoms with Crippen molar-refractivity contribution in [3.05, 3.63) is 12.7 Å². The van der Waals surface area contributed by atoms with Gasteiger partial charge in [0.05, 0.1) is 6.10 Å². The van der Waals surface area contributed by atoms with Crippen molar-refractivity contribution < 1.29 is 29.0 Å². The zero-order chi connectivity index (χ0) is 6.57. The van der Waals surface area contributed by atoms with Crippen LogP contribution in [0.15, 0.2) is 12.7 Å². The van der Waals surface area contributed by atoms with Crippen molar-refractivity contribution >= 4 is 5.97 Å². The Labute approximate surface area is 68.0 Å². The van der Waals surface area contributed by atoms with Crippen LogP contribution >= 0.6 is 0 Å². The van der Waals surface area contributed by atoms with Crippen LogP contribution in [0.1, 0.15) is 13.8 Å². The van der Waals surface area contributed by atoms with Gasteiger partial charge in [0.2, 0.25) is 0 Å². The summed E-state index contributed by atoms with van der Waals surface area (Å²) in [5, 5.41) is 0. The first-order valence-electron chi connectivity index (χ1n) is 2.50. The van der Waals surface area contributed by atoms with Gasteiger partial charge in [-0.25, -0.2) is 4.79 Å². The average Bonchev–Trinajstić information content (AvgIpc) is 1.65. The van der Waals surface area contributed by atoms with E-state index in [1.54, 1.807) is 13.8 Å². The predicted octanol–water partition coefficient (Wildman–Crippen LogP) is 1.12. The molecule has 0 heterocycles. The smallest absolute Gasteiger partial charge is 0.330 e. The van der Waals surface area contributed by atoms with E-state index in [9.17, 15) is 4.79 Å². The number of ether oxygens (including phenoxy) is 1. The van der Waals surface area contributed by atoms with Crippen molar-refractivity contribution in [3.63, 3.8) is 0 Å². The molecule has 48 valence electrons. The third-order valence-corrected chi connectivity index (χ3v) is 0.519.